The van der Waals surface area contributed by atoms with Gasteiger partial charge in [-0.1, -0.05) is 24.3 Å². The molecule has 120 valence electrons. The first-order valence-corrected chi connectivity index (χ1v) is 8.64. The maximum Gasteiger partial charge on any atom is 0.122 e. The third-order valence-corrected chi connectivity index (χ3v) is 5.63. The Morgan fingerprint density at radius 3 is 1.61 bits per heavy atom. The fourth-order valence-corrected chi connectivity index (χ4v) is 4.22. The first kappa shape index (κ1) is 14.6. The monoisotopic (exact) mass is 308 g/mol. The van der Waals surface area contributed by atoms with E-state index in [1.54, 1.807) is 14.2 Å². The van der Waals surface area contributed by atoms with Gasteiger partial charge >= 0.3 is 0 Å². The smallest absolute Gasteiger partial charge is 0.122 e. The van der Waals surface area contributed by atoms with E-state index in [9.17, 15) is 0 Å². The summed E-state index contributed by atoms with van der Waals surface area (Å²) in [7, 11) is 3.55. The summed E-state index contributed by atoms with van der Waals surface area (Å²) in [5, 5.41) is 0. The van der Waals surface area contributed by atoms with Crippen molar-refractivity contribution >= 4 is 0 Å². The molecule has 0 spiro atoms. The van der Waals surface area contributed by atoms with Crippen LogP contribution in [0.25, 0.3) is 0 Å². The molecule has 0 aromatic heterocycles. The number of hydrogen-bond donors (Lipinski definition) is 0. The number of fused-ring (bicyclic) bond motifs is 7. The van der Waals surface area contributed by atoms with E-state index in [0.717, 1.165) is 30.8 Å². The van der Waals surface area contributed by atoms with Gasteiger partial charge in [-0.25, -0.2) is 0 Å². The molecule has 4 rings (SSSR count). The van der Waals surface area contributed by atoms with E-state index in [-0.39, 0.29) is 0 Å². The Morgan fingerprint density at radius 1 is 0.739 bits per heavy atom. The minimum atomic E-state index is 0.652. The minimum Gasteiger partial charge on any atom is -0.496 e. The summed E-state index contributed by atoms with van der Waals surface area (Å²) in [5.74, 6) is 3.36. The summed E-state index contributed by atoms with van der Waals surface area (Å²) in [6, 6.07) is 13.6. The molecule has 0 heterocycles. The van der Waals surface area contributed by atoms with Gasteiger partial charge in [0.05, 0.1) is 14.2 Å². The fourth-order valence-electron chi connectivity index (χ4n) is 4.22. The van der Waals surface area contributed by atoms with Crippen LogP contribution < -0.4 is 9.47 Å². The number of aryl methyl sites for hydroxylation is 2. The van der Waals surface area contributed by atoms with Gasteiger partial charge in [0.25, 0.3) is 0 Å². The van der Waals surface area contributed by atoms with Gasteiger partial charge in [-0.3, -0.25) is 0 Å². The van der Waals surface area contributed by atoms with Crippen LogP contribution in [0.3, 0.4) is 0 Å². The molecule has 0 aliphatic heterocycles. The highest BCUT2D eigenvalue weighted by Gasteiger charge is 2.34. The van der Waals surface area contributed by atoms with Crippen molar-refractivity contribution in [1.29, 1.82) is 0 Å². The molecule has 0 N–H and O–H groups in total. The predicted molar refractivity (Wildman–Crippen MR) is 92.7 cm³/mol. The van der Waals surface area contributed by atoms with Gasteiger partial charge in [0, 0.05) is 0 Å². The summed E-state index contributed by atoms with van der Waals surface area (Å²) >= 11 is 0. The molecule has 2 aromatic rings. The van der Waals surface area contributed by atoms with Crippen LogP contribution in [0.1, 0.15) is 53.4 Å². The van der Waals surface area contributed by atoms with E-state index < -0.39 is 0 Å². The second kappa shape index (κ2) is 5.92. The van der Waals surface area contributed by atoms with Crippen LogP contribution in [-0.4, -0.2) is 14.2 Å². The zero-order valence-electron chi connectivity index (χ0n) is 14.0. The quantitative estimate of drug-likeness (QED) is 0.789. The van der Waals surface area contributed by atoms with E-state index in [2.05, 4.69) is 36.4 Å². The topological polar surface area (TPSA) is 18.5 Å². The van der Waals surface area contributed by atoms with E-state index in [0.29, 0.717) is 11.8 Å². The Kier molecular flexibility index (Phi) is 3.76. The van der Waals surface area contributed by atoms with Crippen LogP contribution >= 0.6 is 0 Å². The standard InChI is InChI=1S/C21H24O2/c1-22-20-10-6-14-12-16(20)4-3-5-17-13-15(7-11-21(17)23-2)19-9-8-18(14)19/h6-7,10-13,18-19H,3-5,8-9H2,1-2H3. The average molecular weight is 308 g/mol. The summed E-state index contributed by atoms with van der Waals surface area (Å²) in [4.78, 5) is 0. The third-order valence-electron chi connectivity index (χ3n) is 5.63. The molecular weight excluding hydrogens is 284 g/mol. The highest BCUT2D eigenvalue weighted by Crippen LogP contribution is 2.50. The highest BCUT2D eigenvalue weighted by atomic mass is 16.5. The molecular formula is C21H24O2. The van der Waals surface area contributed by atoms with Crippen LogP contribution in [0.4, 0.5) is 0 Å². The van der Waals surface area contributed by atoms with Crippen molar-refractivity contribution in [2.45, 2.75) is 43.9 Å². The Balaban J connectivity index is 1.78. The Bertz CT molecular complexity index is 658. The molecule has 2 aliphatic rings. The predicted octanol–water partition coefficient (Wildman–Crippen LogP) is 4.85. The number of rotatable bonds is 2. The van der Waals surface area contributed by atoms with Gasteiger partial charge in [-0.2, -0.15) is 0 Å². The zero-order chi connectivity index (χ0) is 15.8. The van der Waals surface area contributed by atoms with Gasteiger partial charge in [0.1, 0.15) is 11.5 Å². The SMILES string of the molecule is COc1ccc2cc1CCCc1cc(ccc1OC)C1CCC21. The molecule has 23 heavy (non-hydrogen) atoms. The number of hydrogen-bond acceptors (Lipinski definition) is 2. The highest BCUT2D eigenvalue weighted by molar-refractivity contribution is 5.45. The largest absolute Gasteiger partial charge is 0.496 e. The van der Waals surface area contributed by atoms with Gasteiger partial charge in [-0.05, 0) is 78.3 Å². The molecule has 1 saturated carbocycles. The van der Waals surface area contributed by atoms with E-state index in [1.165, 1.54) is 35.1 Å². The van der Waals surface area contributed by atoms with Crippen LogP contribution in [0.5, 0.6) is 11.5 Å². The van der Waals surface area contributed by atoms with Gasteiger partial charge in [0.2, 0.25) is 0 Å². The first-order valence-electron chi connectivity index (χ1n) is 8.64. The normalized spacial score (nSPS) is 22.3. The molecule has 1 fully saturated rings. The van der Waals surface area contributed by atoms with Gasteiger partial charge in [-0.15, -0.1) is 0 Å². The maximum absolute atomic E-state index is 5.57. The molecule has 4 bridgehead atoms. The molecule has 0 radical (unpaired) electrons. The second-order valence-electron chi connectivity index (χ2n) is 6.79. The lowest BCUT2D eigenvalue weighted by atomic mass is 9.66. The molecule has 2 heteroatoms. The molecule has 2 aromatic carbocycles. The third kappa shape index (κ3) is 2.50. The van der Waals surface area contributed by atoms with E-state index in [4.69, 9.17) is 9.47 Å². The van der Waals surface area contributed by atoms with Crippen molar-refractivity contribution in [3.8, 4) is 11.5 Å². The van der Waals surface area contributed by atoms with Crippen molar-refractivity contribution < 1.29 is 9.47 Å². The molecule has 2 nitrogen and oxygen atoms in total. The van der Waals surface area contributed by atoms with Gasteiger partial charge < -0.3 is 9.47 Å². The number of methoxy groups -OCH3 is 2. The molecule has 2 aliphatic carbocycles. The summed E-state index contributed by atoms with van der Waals surface area (Å²) < 4.78 is 11.1. The Labute approximate surface area is 138 Å². The Hall–Kier alpha value is -1.96. The average Bonchev–Trinajstić information content (AvgIpc) is 2.55. The van der Waals surface area contributed by atoms with Crippen LogP contribution in [0.15, 0.2) is 36.4 Å². The summed E-state index contributed by atoms with van der Waals surface area (Å²) in [6.45, 7) is 0. The number of benzene rings is 2. The molecule has 2 atom stereocenters. The van der Waals surface area contributed by atoms with Crippen molar-refractivity contribution in [3.63, 3.8) is 0 Å². The van der Waals surface area contributed by atoms with E-state index in [1.807, 2.05) is 0 Å². The van der Waals surface area contributed by atoms with Crippen LogP contribution in [0, 0.1) is 0 Å². The first-order chi connectivity index (χ1) is 11.3. The van der Waals surface area contributed by atoms with Crippen molar-refractivity contribution in [2.24, 2.45) is 0 Å². The molecule has 0 saturated heterocycles. The molecule has 0 amide bonds. The Morgan fingerprint density at radius 2 is 1.22 bits per heavy atom. The lowest BCUT2D eigenvalue weighted by Crippen LogP contribution is -2.22. The minimum absolute atomic E-state index is 0.652. The molecule has 2 unspecified atom stereocenters. The van der Waals surface area contributed by atoms with Crippen LogP contribution in [-0.2, 0) is 12.8 Å². The lowest BCUT2D eigenvalue weighted by Gasteiger charge is -2.38. The fraction of sp³-hybridized carbons (Fsp3) is 0.429. The zero-order valence-corrected chi connectivity index (χ0v) is 14.0. The van der Waals surface area contributed by atoms with Gasteiger partial charge in [0.15, 0.2) is 0 Å². The van der Waals surface area contributed by atoms with Crippen molar-refractivity contribution in [1.82, 2.24) is 0 Å². The van der Waals surface area contributed by atoms with Crippen LogP contribution in [0.2, 0.25) is 0 Å². The van der Waals surface area contributed by atoms with E-state index >= 15 is 0 Å². The lowest BCUT2D eigenvalue weighted by molar-refractivity contribution is 0.344. The van der Waals surface area contributed by atoms with Crippen molar-refractivity contribution in [2.75, 3.05) is 14.2 Å². The number of ether oxygens (including phenoxy) is 2. The summed E-state index contributed by atoms with van der Waals surface area (Å²) in [6.07, 6.45) is 5.81. The maximum atomic E-state index is 5.57. The second-order valence-corrected chi connectivity index (χ2v) is 6.79. The van der Waals surface area contributed by atoms with Crippen molar-refractivity contribution in [3.05, 3.63) is 58.7 Å². The summed E-state index contributed by atoms with van der Waals surface area (Å²) in [5.41, 5.74) is 5.67.